The molecule has 0 N–H and O–H groups in total. The van der Waals surface area contributed by atoms with Crippen LogP contribution in [-0.2, 0) is 6.42 Å². The lowest BCUT2D eigenvalue weighted by molar-refractivity contribution is 0.358. The number of halogens is 3. The molecule has 0 aromatic carbocycles. The van der Waals surface area contributed by atoms with Crippen LogP contribution in [0.2, 0.25) is 0 Å². The molecule has 0 saturated heterocycles. The molecule has 32 heavy (non-hydrogen) atoms. The molecule has 0 amide bonds. The fraction of sp³-hybridized carbons (Fsp3) is 0.375. The van der Waals surface area contributed by atoms with E-state index in [1.165, 1.54) is 17.7 Å². The van der Waals surface area contributed by atoms with Crippen LogP contribution in [0.5, 0.6) is 0 Å². The Hall–Kier alpha value is -3.16. The molecule has 0 bridgehead atoms. The molecule has 1 aliphatic rings. The van der Waals surface area contributed by atoms with Gasteiger partial charge in [0.1, 0.15) is 29.2 Å². The maximum Gasteiger partial charge on any atom is 0.147 e. The number of allylic oxidation sites excluding steroid dienone is 6. The van der Waals surface area contributed by atoms with Gasteiger partial charge < -0.3 is 4.40 Å². The van der Waals surface area contributed by atoms with Crippen molar-refractivity contribution >= 4 is 11.3 Å². The van der Waals surface area contributed by atoms with E-state index in [1.54, 1.807) is 23.6 Å². The number of alkyl halides is 1. The normalized spacial score (nSPS) is 14.2. The molecule has 0 spiro atoms. The number of fused-ring (bicyclic) bond motifs is 1. The van der Waals surface area contributed by atoms with Gasteiger partial charge in [0.05, 0.1) is 17.1 Å². The lowest BCUT2D eigenvalue weighted by Gasteiger charge is -2.07. The first-order valence-corrected chi connectivity index (χ1v) is 10.9. The van der Waals surface area contributed by atoms with E-state index in [0.717, 1.165) is 11.6 Å². The van der Waals surface area contributed by atoms with E-state index in [9.17, 15) is 13.2 Å². The third-order valence-electron chi connectivity index (χ3n) is 4.54. The third kappa shape index (κ3) is 5.55. The smallest absolute Gasteiger partial charge is 0.147 e. The van der Waals surface area contributed by atoms with E-state index in [0.29, 0.717) is 22.7 Å². The summed E-state index contributed by atoms with van der Waals surface area (Å²) in [6.07, 6.45) is 6.69. The van der Waals surface area contributed by atoms with Crippen molar-refractivity contribution in [1.29, 1.82) is 0 Å². The van der Waals surface area contributed by atoms with Gasteiger partial charge >= 0.3 is 0 Å². The minimum absolute atomic E-state index is 0.199. The van der Waals surface area contributed by atoms with Gasteiger partial charge in [-0.05, 0) is 32.1 Å². The molecule has 4 rings (SSSR count). The standard InChI is InChI=1S/C20H18F3N5.2C2H6/c1-12(21)8-16-11-27-10-14(6-7-19(27)24-16)20-13(2)28(26-25-20)18-5-3-4-15(22)9-17(18)23;2*1-2/h3-4,6-7,9-12H,5,8H2,1-2H3;2*1-2H3. The molecule has 0 aliphatic heterocycles. The highest BCUT2D eigenvalue weighted by atomic mass is 19.1. The monoisotopic (exact) mass is 445 g/mol. The van der Waals surface area contributed by atoms with Gasteiger partial charge in [-0.3, -0.25) is 0 Å². The van der Waals surface area contributed by atoms with E-state index in [1.807, 2.05) is 46.0 Å². The zero-order valence-electron chi connectivity index (χ0n) is 19.4. The Bertz CT molecular complexity index is 1140. The summed E-state index contributed by atoms with van der Waals surface area (Å²) < 4.78 is 44.2. The first-order valence-electron chi connectivity index (χ1n) is 10.9. The molecule has 1 unspecified atom stereocenters. The first kappa shape index (κ1) is 25.1. The predicted molar refractivity (Wildman–Crippen MR) is 123 cm³/mol. The summed E-state index contributed by atoms with van der Waals surface area (Å²) in [5.74, 6) is -1.33. The van der Waals surface area contributed by atoms with E-state index in [2.05, 4.69) is 15.3 Å². The SMILES string of the molecule is CC.CC.Cc1c(-c2ccc3nc(CC(C)F)cn3c2)nnn1C1=C(F)C=C(F)C=CC1. The van der Waals surface area contributed by atoms with Crippen molar-refractivity contribution in [1.82, 2.24) is 24.4 Å². The zero-order chi connectivity index (χ0) is 23.8. The number of imidazole rings is 1. The second-order valence-corrected chi connectivity index (χ2v) is 6.77. The molecule has 3 aromatic rings. The van der Waals surface area contributed by atoms with Crippen molar-refractivity contribution in [2.45, 2.75) is 60.6 Å². The molecule has 172 valence electrons. The van der Waals surface area contributed by atoms with E-state index >= 15 is 0 Å². The highest BCUT2D eigenvalue weighted by molar-refractivity contribution is 5.66. The van der Waals surface area contributed by atoms with Gasteiger partial charge in [-0.25, -0.2) is 22.8 Å². The van der Waals surface area contributed by atoms with E-state index < -0.39 is 17.8 Å². The Kier molecular flexibility index (Phi) is 8.99. The third-order valence-corrected chi connectivity index (χ3v) is 4.54. The van der Waals surface area contributed by atoms with Crippen LogP contribution in [0.1, 0.15) is 52.4 Å². The van der Waals surface area contributed by atoms with Gasteiger partial charge in [0, 0.05) is 36.9 Å². The van der Waals surface area contributed by atoms with Crippen LogP contribution in [0.3, 0.4) is 0 Å². The average molecular weight is 446 g/mol. The van der Waals surface area contributed by atoms with Crippen molar-refractivity contribution in [3.05, 3.63) is 65.8 Å². The second-order valence-electron chi connectivity index (χ2n) is 6.77. The Morgan fingerprint density at radius 3 is 2.50 bits per heavy atom. The summed E-state index contributed by atoms with van der Waals surface area (Å²) in [5.41, 5.74) is 3.57. The predicted octanol–water partition coefficient (Wildman–Crippen LogP) is 6.81. The van der Waals surface area contributed by atoms with Gasteiger partial charge in [0.15, 0.2) is 0 Å². The summed E-state index contributed by atoms with van der Waals surface area (Å²) in [7, 11) is 0. The average Bonchev–Trinajstić information content (AvgIpc) is 3.30. The number of nitrogens with zero attached hydrogens (tertiary/aromatic N) is 5. The summed E-state index contributed by atoms with van der Waals surface area (Å²) in [4.78, 5) is 4.39. The van der Waals surface area contributed by atoms with Crippen LogP contribution in [-0.4, -0.2) is 30.6 Å². The highest BCUT2D eigenvalue weighted by Crippen LogP contribution is 2.28. The van der Waals surface area contributed by atoms with Crippen molar-refractivity contribution in [3.63, 3.8) is 0 Å². The lowest BCUT2D eigenvalue weighted by atomic mass is 10.1. The Morgan fingerprint density at radius 1 is 1.09 bits per heavy atom. The van der Waals surface area contributed by atoms with Gasteiger partial charge in [0.25, 0.3) is 0 Å². The Labute approximate surface area is 187 Å². The molecule has 1 aliphatic carbocycles. The molecular formula is C24H30F3N5. The second kappa shape index (κ2) is 11.5. The van der Waals surface area contributed by atoms with Crippen LogP contribution >= 0.6 is 0 Å². The fourth-order valence-electron chi connectivity index (χ4n) is 3.24. The zero-order valence-corrected chi connectivity index (χ0v) is 19.4. The molecule has 0 saturated carbocycles. The van der Waals surface area contributed by atoms with Crippen molar-refractivity contribution in [2.24, 2.45) is 0 Å². The quantitative estimate of drug-likeness (QED) is 0.443. The van der Waals surface area contributed by atoms with Gasteiger partial charge in [-0.15, -0.1) is 5.10 Å². The minimum atomic E-state index is -0.970. The molecule has 0 fully saturated rings. The highest BCUT2D eigenvalue weighted by Gasteiger charge is 2.18. The maximum atomic E-state index is 14.3. The summed E-state index contributed by atoms with van der Waals surface area (Å²) in [5, 5.41) is 8.25. The van der Waals surface area contributed by atoms with Gasteiger partial charge in [0.2, 0.25) is 0 Å². The number of rotatable bonds is 4. The number of hydrogen-bond donors (Lipinski definition) is 0. The number of aromatic nitrogens is 5. The van der Waals surface area contributed by atoms with E-state index in [-0.39, 0.29) is 18.5 Å². The first-order chi connectivity index (χ1) is 15.4. The van der Waals surface area contributed by atoms with Crippen LogP contribution in [0, 0.1) is 6.92 Å². The van der Waals surface area contributed by atoms with Crippen LogP contribution < -0.4 is 0 Å². The van der Waals surface area contributed by atoms with E-state index in [4.69, 9.17) is 0 Å². The molecule has 5 nitrogen and oxygen atoms in total. The molecular weight excluding hydrogens is 415 g/mol. The fourth-order valence-corrected chi connectivity index (χ4v) is 3.24. The minimum Gasteiger partial charge on any atom is -0.306 e. The number of pyridine rings is 1. The van der Waals surface area contributed by atoms with Gasteiger partial charge in [-0.1, -0.05) is 39.0 Å². The molecule has 1 atom stereocenters. The number of hydrogen-bond acceptors (Lipinski definition) is 3. The summed E-state index contributed by atoms with van der Waals surface area (Å²) >= 11 is 0. The van der Waals surface area contributed by atoms with Crippen molar-refractivity contribution in [3.8, 4) is 11.3 Å². The largest absolute Gasteiger partial charge is 0.306 e. The summed E-state index contributed by atoms with van der Waals surface area (Å²) in [6.45, 7) is 11.3. The lowest BCUT2D eigenvalue weighted by Crippen LogP contribution is -2.03. The van der Waals surface area contributed by atoms with Crippen LogP contribution in [0.25, 0.3) is 22.6 Å². The van der Waals surface area contributed by atoms with Crippen molar-refractivity contribution < 1.29 is 13.2 Å². The molecule has 8 heteroatoms. The van der Waals surface area contributed by atoms with Crippen LogP contribution in [0.15, 0.2) is 54.4 Å². The maximum absolute atomic E-state index is 14.3. The Balaban J connectivity index is 0.000000860. The molecule has 3 aromatic heterocycles. The van der Waals surface area contributed by atoms with Crippen LogP contribution in [0.4, 0.5) is 13.2 Å². The van der Waals surface area contributed by atoms with Gasteiger partial charge in [-0.2, -0.15) is 0 Å². The van der Waals surface area contributed by atoms with Crippen molar-refractivity contribution in [2.75, 3.05) is 0 Å². The topological polar surface area (TPSA) is 48.0 Å². The Morgan fingerprint density at radius 2 is 1.81 bits per heavy atom. The molecule has 3 heterocycles. The summed E-state index contributed by atoms with van der Waals surface area (Å²) in [6, 6.07) is 3.65. The molecule has 0 radical (unpaired) electrons.